The van der Waals surface area contributed by atoms with E-state index in [1.54, 1.807) is 5.32 Å². The highest BCUT2D eigenvalue weighted by molar-refractivity contribution is 5.93. The molecule has 82 valence electrons. The Kier molecular flexibility index (Phi) is 2.06. The van der Waals surface area contributed by atoms with Crippen molar-refractivity contribution in [1.82, 2.24) is 5.32 Å². The van der Waals surface area contributed by atoms with E-state index in [1.807, 2.05) is 0 Å². The van der Waals surface area contributed by atoms with Crippen LogP contribution < -0.4 is 5.32 Å². The summed E-state index contributed by atoms with van der Waals surface area (Å²) in [6, 6.07) is -0.678. The van der Waals surface area contributed by atoms with Crippen LogP contribution in [0.25, 0.3) is 0 Å². The molecule has 1 aliphatic carbocycles. The molecule has 1 rings (SSSR count). The Bertz CT molecular complexity index is 261. The fourth-order valence-corrected chi connectivity index (χ4v) is 1.03. The molecule has 0 heterocycles. The lowest BCUT2D eigenvalue weighted by Crippen LogP contribution is -2.42. The van der Waals surface area contributed by atoms with E-state index in [-0.39, 0.29) is 0 Å². The van der Waals surface area contributed by atoms with Gasteiger partial charge in [0.25, 0.3) is 5.91 Å². The van der Waals surface area contributed by atoms with Crippen LogP contribution in [0.2, 0.25) is 0 Å². The highest BCUT2D eigenvalue weighted by Gasteiger charge is 3.02. The Balaban J connectivity index is 2.86. The minimum atomic E-state index is -4.90. The van der Waals surface area contributed by atoms with Crippen molar-refractivity contribution in [2.45, 2.75) is 37.4 Å². The molecular weight excluding hydrogens is 209 g/mol. The average molecular weight is 217 g/mol. The third kappa shape index (κ3) is 0.978. The quantitative estimate of drug-likeness (QED) is 0.698. The Hall–Kier alpha value is -0.880. The zero-order valence-corrected chi connectivity index (χ0v) is 7.38. The van der Waals surface area contributed by atoms with Crippen molar-refractivity contribution in [3.8, 4) is 0 Å². The zero-order chi connectivity index (χ0) is 11.4. The summed E-state index contributed by atoms with van der Waals surface area (Å²) >= 11 is 0. The lowest BCUT2D eigenvalue weighted by Gasteiger charge is -2.09. The number of hydrogen-bond donors (Lipinski definition) is 1. The molecule has 0 aromatic heterocycles. The molecule has 1 fully saturated rings. The monoisotopic (exact) mass is 217 g/mol. The third-order valence-corrected chi connectivity index (χ3v) is 1.93. The Morgan fingerprint density at radius 3 is 1.64 bits per heavy atom. The molecule has 0 unspecified atom stereocenters. The van der Waals surface area contributed by atoms with Crippen LogP contribution in [0.4, 0.5) is 22.0 Å². The molecule has 1 N–H and O–H groups in total. The maximum atomic E-state index is 12.9. The summed E-state index contributed by atoms with van der Waals surface area (Å²) in [6.07, 6.45) is 0. The first-order valence-electron chi connectivity index (χ1n) is 3.84. The third-order valence-electron chi connectivity index (χ3n) is 1.93. The van der Waals surface area contributed by atoms with Gasteiger partial charge in [-0.25, -0.2) is 4.39 Å². The summed E-state index contributed by atoms with van der Waals surface area (Å²) in [5.41, 5.74) is -4.38. The number of halogens is 5. The number of rotatable bonds is 2. The summed E-state index contributed by atoms with van der Waals surface area (Å²) in [5.74, 6) is -11.8. The second-order valence-corrected chi connectivity index (χ2v) is 3.44. The predicted octanol–water partition coefficient (Wildman–Crippen LogP) is 1.50. The summed E-state index contributed by atoms with van der Waals surface area (Å²) in [5, 5.41) is 1.68. The zero-order valence-electron chi connectivity index (χ0n) is 7.38. The summed E-state index contributed by atoms with van der Waals surface area (Å²) < 4.78 is 62.0. The average Bonchev–Trinajstić information content (AvgIpc) is 2.28. The van der Waals surface area contributed by atoms with E-state index < -0.39 is 29.5 Å². The molecule has 1 amide bonds. The molecule has 2 nitrogen and oxygen atoms in total. The molecule has 1 aliphatic rings. The van der Waals surface area contributed by atoms with Crippen LogP contribution >= 0.6 is 0 Å². The van der Waals surface area contributed by atoms with Crippen molar-refractivity contribution in [2.75, 3.05) is 0 Å². The molecule has 0 spiro atoms. The topological polar surface area (TPSA) is 29.1 Å². The van der Waals surface area contributed by atoms with Crippen LogP contribution in [-0.4, -0.2) is 29.5 Å². The Morgan fingerprint density at radius 2 is 1.43 bits per heavy atom. The summed E-state index contributed by atoms with van der Waals surface area (Å²) in [6.45, 7) is 2.69. The van der Waals surface area contributed by atoms with Crippen molar-refractivity contribution in [3.63, 3.8) is 0 Å². The molecule has 0 atom stereocenters. The highest BCUT2D eigenvalue weighted by Crippen LogP contribution is 2.68. The SMILES string of the molecule is CC(C)NC(=O)C1(F)C(F)(F)C1(F)F. The van der Waals surface area contributed by atoms with Crippen molar-refractivity contribution in [2.24, 2.45) is 0 Å². The number of nitrogens with one attached hydrogen (secondary N) is 1. The van der Waals surface area contributed by atoms with E-state index in [2.05, 4.69) is 0 Å². The van der Waals surface area contributed by atoms with Crippen LogP contribution in [0.3, 0.4) is 0 Å². The van der Waals surface area contributed by atoms with E-state index >= 15 is 0 Å². The molecule has 0 aliphatic heterocycles. The predicted molar refractivity (Wildman–Crippen MR) is 37.0 cm³/mol. The van der Waals surface area contributed by atoms with Gasteiger partial charge in [-0.05, 0) is 13.8 Å². The molecule has 0 saturated heterocycles. The van der Waals surface area contributed by atoms with E-state index in [0.717, 1.165) is 0 Å². The fourth-order valence-electron chi connectivity index (χ4n) is 1.03. The number of amides is 1. The Morgan fingerprint density at radius 1 is 1.07 bits per heavy atom. The molecule has 0 bridgehead atoms. The largest absolute Gasteiger partial charge is 0.362 e. The van der Waals surface area contributed by atoms with E-state index in [4.69, 9.17) is 0 Å². The van der Waals surface area contributed by atoms with Gasteiger partial charge in [0.2, 0.25) is 0 Å². The van der Waals surface area contributed by atoms with Crippen LogP contribution in [0.1, 0.15) is 13.8 Å². The maximum absolute atomic E-state index is 12.9. The van der Waals surface area contributed by atoms with Crippen molar-refractivity contribution < 1.29 is 26.7 Å². The first kappa shape index (κ1) is 11.2. The first-order chi connectivity index (χ1) is 6.09. The van der Waals surface area contributed by atoms with Gasteiger partial charge in [0.05, 0.1) is 0 Å². The minimum Gasteiger partial charge on any atom is -0.351 e. The molecule has 0 aromatic rings. The van der Waals surface area contributed by atoms with Crippen LogP contribution in [0.15, 0.2) is 0 Å². The second kappa shape index (κ2) is 2.58. The number of carbonyl (C=O) groups is 1. The normalized spacial score (nSPS) is 26.0. The van der Waals surface area contributed by atoms with E-state index in [9.17, 15) is 26.7 Å². The summed E-state index contributed by atoms with van der Waals surface area (Å²) in [4.78, 5) is 10.7. The lowest BCUT2D eigenvalue weighted by atomic mass is 10.3. The Labute approximate surface area is 76.5 Å². The smallest absolute Gasteiger partial charge is 0.351 e. The van der Waals surface area contributed by atoms with Gasteiger partial charge in [-0.2, -0.15) is 17.6 Å². The molecular formula is C7H8F5NO. The highest BCUT2D eigenvalue weighted by atomic mass is 19.3. The van der Waals surface area contributed by atoms with Gasteiger partial charge in [0.15, 0.2) is 0 Å². The van der Waals surface area contributed by atoms with Crippen molar-refractivity contribution in [3.05, 3.63) is 0 Å². The molecule has 7 heteroatoms. The molecule has 0 radical (unpaired) electrons. The minimum absolute atomic E-state index is 0.678. The van der Waals surface area contributed by atoms with Gasteiger partial charge in [0, 0.05) is 6.04 Å². The number of carbonyl (C=O) groups excluding carboxylic acids is 1. The van der Waals surface area contributed by atoms with Crippen LogP contribution in [-0.2, 0) is 4.79 Å². The lowest BCUT2D eigenvalue weighted by molar-refractivity contribution is -0.133. The number of alkyl halides is 5. The van der Waals surface area contributed by atoms with Gasteiger partial charge >= 0.3 is 17.5 Å². The fraction of sp³-hybridized carbons (Fsp3) is 0.857. The summed E-state index contributed by atoms with van der Waals surface area (Å²) in [7, 11) is 0. The van der Waals surface area contributed by atoms with Crippen molar-refractivity contribution >= 4 is 5.91 Å². The first-order valence-corrected chi connectivity index (χ1v) is 3.84. The van der Waals surface area contributed by atoms with E-state index in [1.165, 1.54) is 13.8 Å². The van der Waals surface area contributed by atoms with Gasteiger partial charge in [0.1, 0.15) is 0 Å². The second-order valence-electron chi connectivity index (χ2n) is 3.44. The van der Waals surface area contributed by atoms with Gasteiger partial charge in [-0.1, -0.05) is 0 Å². The number of hydrogen-bond acceptors (Lipinski definition) is 1. The molecule has 0 aromatic carbocycles. The van der Waals surface area contributed by atoms with Crippen LogP contribution in [0, 0.1) is 0 Å². The molecule has 14 heavy (non-hydrogen) atoms. The van der Waals surface area contributed by atoms with Gasteiger partial charge in [-0.3, -0.25) is 4.79 Å². The van der Waals surface area contributed by atoms with E-state index in [0.29, 0.717) is 0 Å². The maximum Gasteiger partial charge on any atom is 0.362 e. The van der Waals surface area contributed by atoms with Gasteiger partial charge in [-0.15, -0.1) is 0 Å². The van der Waals surface area contributed by atoms with Crippen molar-refractivity contribution in [1.29, 1.82) is 0 Å². The van der Waals surface area contributed by atoms with Gasteiger partial charge < -0.3 is 5.32 Å². The standard InChI is InChI=1S/C7H8F5NO/c1-3(2)13-4(14)5(8)6(9,10)7(5,11)12/h3H,1-2H3,(H,13,14). The van der Waals surface area contributed by atoms with Crippen LogP contribution in [0.5, 0.6) is 0 Å². The molecule has 1 saturated carbocycles.